The molecule has 418 valence electrons. The van der Waals surface area contributed by atoms with Crippen molar-refractivity contribution in [1.82, 2.24) is 0 Å². The third-order valence-corrected chi connectivity index (χ3v) is 18.4. The minimum Gasteiger partial charge on any atom is -0.310 e. The Balaban J connectivity index is 1.29. The van der Waals surface area contributed by atoms with Gasteiger partial charge in [0.05, 0.1) is 33.6 Å². The van der Waals surface area contributed by atoms with E-state index < -0.39 is 10.8 Å². The zero-order valence-electron chi connectivity index (χ0n) is 50.7. The molecule has 0 saturated carbocycles. The first kappa shape index (κ1) is 56.4. The minimum atomic E-state index is -0.715. The fraction of sp³-hybridized carbons (Fsp3) is 0.325. The maximum absolute atomic E-state index is 2.68. The lowest BCUT2D eigenvalue weighted by Gasteiger charge is -2.51. The molecule has 0 N–H and O–H groups in total. The van der Waals surface area contributed by atoms with Crippen molar-refractivity contribution in [1.29, 1.82) is 0 Å². The van der Waals surface area contributed by atoms with E-state index in [-0.39, 0.29) is 0 Å². The van der Waals surface area contributed by atoms with Gasteiger partial charge in [0.1, 0.15) is 0 Å². The summed E-state index contributed by atoms with van der Waals surface area (Å²) in [6.45, 7) is 18.2. The lowest BCUT2D eigenvalue weighted by atomic mass is 9.59. The Labute approximate surface area is 493 Å². The van der Waals surface area contributed by atoms with E-state index in [1.807, 2.05) is 0 Å². The van der Waals surface area contributed by atoms with Crippen LogP contribution in [0.25, 0.3) is 0 Å². The number of fused-ring (bicyclic) bond motifs is 4. The van der Waals surface area contributed by atoms with E-state index in [9.17, 15) is 0 Å². The number of nitrogens with zero attached hydrogens (tertiary/aromatic N) is 2. The van der Waals surface area contributed by atoms with Crippen molar-refractivity contribution in [3.8, 4) is 0 Å². The van der Waals surface area contributed by atoms with Gasteiger partial charge in [-0.05, 0) is 194 Å². The molecule has 11 rings (SSSR count). The van der Waals surface area contributed by atoms with Crippen molar-refractivity contribution in [3.05, 3.63) is 283 Å². The number of unbranched alkanes of at least 4 members (excludes halogenated alkanes) is 8. The molecule has 0 bridgehead atoms. The monoisotopic (exact) mass is 1080 g/mol. The van der Waals surface area contributed by atoms with Crippen LogP contribution in [0.3, 0.4) is 0 Å². The van der Waals surface area contributed by atoms with Gasteiger partial charge in [-0.15, -0.1) is 0 Å². The molecule has 0 aliphatic carbocycles. The number of aryl methyl sites for hydroxylation is 8. The molecule has 2 aliphatic heterocycles. The van der Waals surface area contributed by atoms with Gasteiger partial charge < -0.3 is 9.80 Å². The van der Waals surface area contributed by atoms with Crippen molar-refractivity contribution < 1.29 is 0 Å². The lowest BCUT2D eigenvalue weighted by Crippen LogP contribution is -2.41. The molecule has 2 heterocycles. The van der Waals surface area contributed by atoms with E-state index in [4.69, 9.17) is 0 Å². The van der Waals surface area contributed by atoms with Crippen molar-refractivity contribution in [2.45, 2.75) is 169 Å². The number of hydrogen-bond donors (Lipinski definition) is 0. The van der Waals surface area contributed by atoms with Gasteiger partial charge >= 0.3 is 0 Å². The Hall–Kier alpha value is -7.42. The van der Waals surface area contributed by atoms with Crippen LogP contribution in [0.1, 0.15) is 194 Å². The van der Waals surface area contributed by atoms with Crippen molar-refractivity contribution in [3.63, 3.8) is 0 Å². The molecule has 9 aromatic carbocycles. The van der Waals surface area contributed by atoms with Crippen LogP contribution in [0, 0.1) is 27.7 Å². The highest BCUT2D eigenvalue weighted by Crippen LogP contribution is 2.64. The SMILES string of the molecule is CCCCCCc1ccc(C2(c3ccc(C)cc3)c3cc(C)ccc3N(c3ccc(CCCC)cc3)c3cc4c(cc32)N(c2ccc(CCCC)cc2)c2ccc(C)cc2C4(c2ccc(C)cc2)c2ccc(CCCCCC)cc2)cc1. The second-order valence-electron chi connectivity index (χ2n) is 24.4. The molecule has 2 heteroatoms. The summed E-state index contributed by atoms with van der Waals surface area (Å²) in [5.74, 6) is 0. The predicted molar refractivity (Wildman–Crippen MR) is 351 cm³/mol. The Morgan fingerprint density at radius 1 is 0.256 bits per heavy atom. The van der Waals surface area contributed by atoms with Crippen LogP contribution in [0.15, 0.2) is 194 Å². The van der Waals surface area contributed by atoms with Gasteiger partial charge in [-0.3, -0.25) is 0 Å². The van der Waals surface area contributed by atoms with E-state index >= 15 is 0 Å². The predicted octanol–water partition coefficient (Wildman–Crippen LogP) is 22.2. The highest BCUT2D eigenvalue weighted by Gasteiger charge is 2.52. The maximum Gasteiger partial charge on any atom is 0.0743 e. The Morgan fingerprint density at radius 3 is 0.866 bits per heavy atom. The summed E-state index contributed by atoms with van der Waals surface area (Å²) < 4.78 is 0. The first-order chi connectivity index (χ1) is 40.1. The van der Waals surface area contributed by atoms with Crippen molar-refractivity contribution in [2.75, 3.05) is 9.80 Å². The van der Waals surface area contributed by atoms with Crippen LogP contribution < -0.4 is 9.80 Å². The molecular formula is C80H88N2. The zero-order valence-corrected chi connectivity index (χ0v) is 50.7. The van der Waals surface area contributed by atoms with E-state index in [2.05, 4.69) is 259 Å². The molecule has 2 unspecified atom stereocenters. The molecule has 2 atom stereocenters. The molecule has 0 saturated heterocycles. The zero-order chi connectivity index (χ0) is 56.8. The summed E-state index contributed by atoms with van der Waals surface area (Å²) in [6.07, 6.45) is 19.0. The summed E-state index contributed by atoms with van der Waals surface area (Å²) in [6, 6.07) is 78.0. The van der Waals surface area contributed by atoms with Gasteiger partial charge in [-0.1, -0.05) is 247 Å². The third-order valence-electron chi connectivity index (χ3n) is 18.4. The molecule has 82 heavy (non-hydrogen) atoms. The lowest BCUT2D eigenvalue weighted by molar-refractivity contribution is 0.666. The molecule has 0 aromatic heterocycles. The molecule has 0 amide bonds. The molecule has 2 aliphatic rings. The van der Waals surface area contributed by atoms with Crippen molar-refractivity contribution in [2.24, 2.45) is 0 Å². The highest BCUT2D eigenvalue weighted by molar-refractivity contribution is 5.96. The van der Waals surface area contributed by atoms with Crippen LogP contribution in [0.4, 0.5) is 34.1 Å². The van der Waals surface area contributed by atoms with Gasteiger partial charge in [0.2, 0.25) is 0 Å². The highest BCUT2D eigenvalue weighted by atomic mass is 15.2. The number of rotatable bonds is 22. The standard InChI is InChI=1S/C80H88N2/c1-9-13-17-19-23-63-31-43-67(44-32-63)79(65-39-25-57(5)26-40-65)71-53-59(7)29-51-75(71)81(69-47-35-61(36-48-69)21-15-11-3)77-56-74-78(55-73(77)79)82(70-49-37-62(38-50-70)22-16-12-4)76-52-30-60(8)54-72(76)80(74,66-41-27-58(6)28-42-66)68-45-33-64(34-46-68)24-20-18-14-10-2/h25-56H,9-24H2,1-8H3. The van der Waals surface area contributed by atoms with Crippen molar-refractivity contribution >= 4 is 34.1 Å². The van der Waals surface area contributed by atoms with Gasteiger partial charge in [-0.25, -0.2) is 0 Å². The van der Waals surface area contributed by atoms with Crippen LogP contribution in [0.5, 0.6) is 0 Å². The maximum atomic E-state index is 2.68. The average Bonchev–Trinajstić information content (AvgIpc) is 3.59. The van der Waals surface area contributed by atoms with Crippen LogP contribution in [-0.2, 0) is 36.5 Å². The first-order valence-electron chi connectivity index (χ1n) is 31.6. The fourth-order valence-corrected chi connectivity index (χ4v) is 13.9. The van der Waals surface area contributed by atoms with E-state index in [0.717, 1.165) is 25.7 Å². The second-order valence-corrected chi connectivity index (χ2v) is 24.4. The third kappa shape index (κ3) is 10.7. The molecule has 0 radical (unpaired) electrons. The summed E-state index contributed by atoms with van der Waals surface area (Å²) in [5.41, 5.74) is 26.6. The number of anilines is 6. The van der Waals surface area contributed by atoms with E-state index in [1.54, 1.807) is 0 Å². The second kappa shape index (κ2) is 25.0. The topological polar surface area (TPSA) is 6.48 Å². The summed E-state index contributed by atoms with van der Waals surface area (Å²) in [4.78, 5) is 5.28. The Kier molecular flexibility index (Phi) is 17.2. The van der Waals surface area contributed by atoms with E-state index in [0.29, 0.717) is 0 Å². The van der Waals surface area contributed by atoms with Gasteiger partial charge in [-0.2, -0.15) is 0 Å². The van der Waals surface area contributed by atoms with Gasteiger partial charge in [0.25, 0.3) is 0 Å². The summed E-state index contributed by atoms with van der Waals surface area (Å²) >= 11 is 0. The van der Waals surface area contributed by atoms with Crippen LogP contribution in [-0.4, -0.2) is 0 Å². The average molecular weight is 1080 g/mol. The van der Waals surface area contributed by atoms with Crippen LogP contribution in [0.2, 0.25) is 0 Å². The van der Waals surface area contributed by atoms with Gasteiger partial charge in [0, 0.05) is 11.4 Å². The van der Waals surface area contributed by atoms with E-state index in [1.165, 1.54) is 200 Å². The van der Waals surface area contributed by atoms with Crippen LogP contribution >= 0.6 is 0 Å². The quantitative estimate of drug-likeness (QED) is 0.0624. The molecular weight excluding hydrogens is 989 g/mol. The fourth-order valence-electron chi connectivity index (χ4n) is 13.9. The normalized spacial score (nSPS) is 16.1. The minimum absolute atomic E-state index is 0.715. The summed E-state index contributed by atoms with van der Waals surface area (Å²) in [5, 5.41) is 0. The molecule has 0 spiro atoms. The number of hydrogen-bond acceptors (Lipinski definition) is 2. The molecule has 2 nitrogen and oxygen atoms in total. The molecule has 0 fully saturated rings. The smallest absolute Gasteiger partial charge is 0.0743 e. The van der Waals surface area contributed by atoms with Gasteiger partial charge in [0.15, 0.2) is 0 Å². The Bertz CT molecular complexity index is 3340. The summed E-state index contributed by atoms with van der Waals surface area (Å²) in [7, 11) is 0. The first-order valence-corrected chi connectivity index (χ1v) is 31.6. The Morgan fingerprint density at radius 2 is 0.537 bits per heavy atom. The largest absolute Gasteiger partial charge is 0.310 e. The molecule has 9 aromatic rings. The number of benzene rings is 9.